The van der Waals surface area contributed by atoms with Gasteiger partial charge in [0.05, 0.1) is 26.9 Å². The SMILES string of the molecule is COc1cc(OC)cc(OCCCN(C)C(=O)C2CCCCN2)c1.Cl. The minimum atomic E-state index is -0.0210. The van der Waals surface area contributed by atoms with Crippen LogP contribution in [0.25, 0.3) is 0 Å². The second kappa shape index (κ2) is 11.1. The van der Waals surface area contributed by atoms with E-state index in [-0.39, 0.29) is 24.4 Å². The molecule has 0 radical (unpaired) electrons. The smallest absolute Gasteiger partial charge is 0.239 e. The van der Waals surface area contributed by atoms with E-state index in [9.17, 15) is 4.79 Å². The maximum atomic E-state index is 12.3. The van der Waals surface area contributed by atoms with Crippen LogP contribution >= 0.6 is 12.4 Å². The number of likely N-dealkylation sites (N-methyl/N-ethyl adjacent to an activating group) is 1. The Kier molecular flexibility index (Phi) is 9.45. The molecule has 1 unspecified atom stereocenters. The van der Waals surface area contributed by atoms with Crippen LogP contribution in [0.2, 0.25) is 0 Å². The molecule has 1 atom stereocenters. The van der Waals surface area contributed by atoms with Crippen molar-refractivity contribution in [2.75, 3.05) is 41.0 Å². The molecule has 6 nitrogen and oxygen atoms in total. The minimum absolute atomic E-state index is 0. The molecular weight excluding hydrogens is 344 g/mol. The highest BCUT2D eigenvalue weighted by Gasteiger charge is 2.23. The Balaban J connectivity index is 0.00000312. The molecule has 1 heterocycles. The largest absolute Gasteiger partial charge is 0.496 e. The van der Waals surface area contributed by atoms with Gasteiger partial charge in [0.2, 0.25) is 5.91 Å². The molecule has 0 bridgehead atoms. The number of halogens is 1. The van der Waals surface area contributed by atoms with Crippen molar-refractivity contribution in [1.82, 2.24) is 10.2 Å². The lowest BCUT2D eigenvalue weighted by Gasteiger charge is -2.27. The third-order valence-corrected chi connectivity index (χ3v) is 4.22. The molecule has 25 heavy (non-hydrogen) atoms. The van der Waals surface area contributed by atoms with Gasteiger partial charge in [-0.2, -0.15) is 0 Å². The summed E-state index contributed by atoms with van der Waals surface area (Å²) < 4.78 is 16.2. The number of amides is 1. The van der Waals surface area contributed by atoms with E-state index in [1.54, 1.807) is 25.2 Å². The fourth-order valence-electron chi connectivity index (χ4n) is 2.80. The molecule has 0 aromatic heterocycles. The molecule has 1 amide bonds. The van der Waals surface area contributed by atoms with Crippen molar-refractivity contribution in [3.8, 4) is 17.2 Å². The van der Waals surface area contributed by atoms with Crippen LogP contribution in [0.3, 0.4) is 0 Å². The van der Waals surface area contributed by atoms with E-state index < -0.39 is 0 Å². The van der Waals surface area contributed by atoms with Crippen molar-refractivity contribution in [2.45, 2.75) is 31.7 Å². The summed E-state index contributed by atoms with van der Waals surface area (Å²) in [6, 6.07) is 5.43. The Hall–Kier alpha value is -1.66. The predicted molar refractivity (Wildman–Crippen MR) is 100 cm³/mol. The number of ether oxygens (including phenoxy) is 3. The molecule has 1 aromatic carbocycles. The standard InChI is InChI=1S/C18H28N2O4.ClH/c1-20(18(21)17-7-4-5-8-19-17)9-6-10-24-16-12-14(22-2)11-15(13-16)23-3;/h11-13,17,19H,4-10H2,1-3H3;1H. The van der Waals surface area contributed by atoms with Crippen molar-refractivity contribution < 1.29 is 19.0 Å². The maximum Gasteiger partial charge on any atom is 0.239 e. The van der Waals surface area contributed by atoms with E-state index in [1.807, 2.05) is 19.2 Å². The number of rotatable bonds is 8. The van der Waals surface area contributed by atoms with Gasteiger partial charge < -0.3 is 24.4 Å². The fraction of sp³-hybridized carbons (Fsp3) is 0.611. The van der Waals surface area contributed by atoms with Crippen molar-refractivity contribution in [1.29, 1.82) is 0 Å². The van der Waals surface area contributed by atoms with Gasteiger partial charge in [0.1, 0.15) is 17.2 Å². The molecule has 1 fully saturated rings. The first-order valence-electron chi connectivity index (χ1n) is 8.48. The van der Waals surface area contributed by atoms with E-state index >= 15 is 0 Å². The van der Waals surface area contributed by atoms with Gasteiger partial charge in [-0.1, -0.05) is 6.42 Å². The van der Waals surface area contributed by atoms with Crippen molar-refractivity contribution >= 4 is 18.3 Å². The average Bonchev–Trinajstić information content (AvgIpc) is 2.64. The van der Waals surface area contributed by atoms with Gasteiger partial charge in [0.15, 0.2) is 0 Å². The van der Waals surface area contributed by atoms with Crippen LogP contribution in [-0.4, -0.2) is 57.8 Å². The molecule has 1 saturated heterocycles. The quantitative estimate of drug-likeness (QED) is 0.710. The van der Waals surface area contributed by atoms with Crippen LogP contribution < -0.4 is 19.5 Å². The third kappa shape index (κ3) is 6.63. The highest BCUT2D eigenvalue weighted by atomic mass is 35.5. The van der Waals surface area contributed by atoms with E-state index in [4.69, 9.17) is 14.2 Å². The molecule has 1 N–H and O–H groups in total. The molecule has 142 valence electrons. The number of nitrogens with zero attached hydrogens (tertiary/aromatic N) is 1. The molecule has 2 rings (SSSR count). The van der Waals surface area contributed by atoms with Gasteiger partial charge in [-0.05, 0) is 25.8 Å². The Morgan fingerprint density at radius 1 is 1.16 bits per heavy atom. The van der Waals surface area contributed by atoms with Crippen molar-refractivity contribution in [3.63, 3.8) is 0 Å². The molecule has 1 aliphatic heterocycles. The monoisotopic (exact) mass is 372 g/mol. The zero-order valence-electron chi connectivity index (χ0n) is 15.2. The number of carbonyl (C=O) groups is 1. The summed E-state index contributed by atoms with van der Waals surface area (Å²) in [5.41, 5.74) is 0. The number of piperidine rings is 1. The van der Waals surface area contributed by atoms with Gasteiger partial charge in [-0.3, -0.25) is 4.79 Å². The van der Waals surface area contributed by atoms with E-state index in [0.29, 0.717) is 30.4 Å². The minimum Gasteiger partial charge on any atom is -0.496 e. The summed E-state index contributed by atoms with van der Waals surface area (Å²) in [5.74, 6) is 2.27. The van der Waals surface area contributed by atoms with Gasteiger partial charge in [-0.15, -0.1) is 12.4 Å². The topological polar surface area (TPSA) is 60.0 Å². The highest BCUT2D eigenvalue weighted by Crippen LogP contribution is 2.27. The van der Waals surface area contributed by atoms with Crippen LogP contribution in [-0.2, 0) is 4.79 Å². The second-order valence-corrected chi connectivity index (χ2v) is 6.01. The van der Waals surface area contributed by atoms with Gasteiger partial charge in [-0.25, -0.2) is 0 Å². The van der Waals surface area contributed by atoms with Crippen molar-refractivity contribution in [3.05, 3.63) is 18.2 Å². The molecule has 7 heteroatoms. The third-order valence-electron chi connectivity index (χ3n) is 4.22. The lowest BCUT2D eigenvalue weighted by Crippen LogP contribution is -2.47. The normalized spacial score (nSPS) is 16.5. The maximum absolute atomic E-state index is 12.3. The Labute approximate surface area is 156 Å². The summed E-state index contributed by atoms with van der Waals surface area (Å²) in [6.45, 7) is 2.15. The van der Waals surface area contributed by atoms with Crippen LogP contribution in [0.5, 0.6) is 17.2 Å². The van der Waals surface area contributed by atoms with E-state index in [0.717, 1.165) is 32.2 Å². The second-order valence-electron chi connectivity index (χ2n) is 6.01. The molecule has 0 aliphatic carbocycles. The van der Waals surface area contributed by atoms with Gasteiger partial charge in [0, 0.05) is 31.8 Å². The number of benzene rings is 1. The van der Waals surface area contributed by atoms with Crippen LogP contribution in [0.15, 0.2) is 18.2 Å². The number of carbonyl (C=O) groups excluding carboxylic acids is 1. The summed E-state index contributed by atoms with van der Waals surface area (Å²) >= 11 is 0. The summed E-state index contributed by atoms with van der Waals surface area (Å²) in [6.07, 6.45) is 3.99. The number of hydrogen-bond acceptors (Lipinski definition) is 5. The molecule has 0 spiro atoms. The first-order chi connectivity index (χ1) is 11.6. The van der Waals surface area contributed by atoms with Crippen LogP contribution in [0, 0.1) is 0 Å². The molecular formula is C18H29ClN2O4. The Morgan fingerprint density at radius 3 is 2.36 bits per heavy atom. The highest BCUT2D eigenvalue weighted by molar-refractivity contribution is 5.85. The summed E-state index contributed by atoms with van der Waals surface area (Å²) in [7, 11) is 5.07. The van der Waals surface area contributed by atoms with Crippen LogP contribution in [0.4, 0.5) is 0 Å². The number of hydrogen-bond donors (Lipinski definition) is 1. The number of methoxy groups -OCH3 is 2. The first kappa shape index (κ1) is 21.4. The molecule has 1 aromatic rings. The lowest BCUT2D eigenvalue weighted by molar-refractivity contribution is -0.132. The summed E-state index contributed by atoms with van der Waals surface area (Å²) in [4.78, 5) is 14.1. The Bertz CT molecular complexity index is 514. The summed E-state index contributed by atoms with van der Waals surface area (Å²) in [5, 5.41) is 3.29. The predicted octanol–water partition coefficient (Wildman–Crippen LogP) is 2.50. The molecule has 0 saturated carbocycles. The zero-order chi connectivity index (χ0) is 17.4. The van der Waals surface area contributed by atoms with E-state index in [2.05, 4.69) is 5.32 Å². The number of nitrogens with one attached hydrogen (secondary N) is 1. The first-order valence-corrected chi connectivity index (χ1v) is 8.48. The van der Waals surface area contributed by atoms with Crippen molar-refractivity contribution in [2.24, 2.45) is 0 Å². The average molecular weight is 373 g/mol. The Morgan fingerprint density at radius 2 is 1.80 bits per heavy atom. The van der Waals surface area contributed by atoms with E-state index in [1.165, 1.54) is 0 Å². The zero-order valence-corrected chi connectivity index (χ0v) is 16.1. The van der Waals surface area contributed by atoms with Gasteiger partial charge >= 0.3 is 0 Å². The fourth-order valence-corrected chi connectivity index (χ4v) is 2.80. The van der Waals surface area contributed by atoms with Crippen LogP contribution in [0.1, 0.15) is 25.7 Å². The lowest BCUT2D eigenvalue weighted by atomic mass is 10.0. The van der Waals surface area contributed by atoms with Gasteiger partial charge in [0.25, 0.3) is 0 Å². The molecule has 1 aliphatic rings.